The van der Waals surface area contributed by atoms with Gasteiger partial charge in [0.15, 0.2) is 0 Å². The van der Waals surface area contributed by atoms with E-state index < -0.39 is 0 Å². The van der Waals surface area contributed by atoms with Gasteiger partial charge in [-0.3, -0.25) is 9.69 Å². The Morgan fingerprint density at radius 2 is 1.65 bits per heavy atom. The molecule has 0 unspecified atom stereocenters. The van der Waals surface area contributed by atoms with Crippen LogP contribution in [0.4, 0.5) is 5.69 Å². The summed E-state index contributed by atoms with van der Waals surface area (Å²) < 4.78 is 15.8. The van der Waals surface area contributed by atoms with Gasteiger partial charge in [0, 0.05) is 49.1 Å². The molecule has 6 nitrogen and oxygen atoms in total. The molecule has 0 saturated carbocycles. The second kappa shape index (κ2) is 8.69. The number of benzene rings is 2. The van der Waals surface area contributed by atoms with Crippen molar-refractivity contribution >= 4 is 11.6 Å². The van der Waals surface area contributed by atoms with Gasteiger partial charge in [-0.05, 0) is 17.7 Å². The maximum atomic E-state index is 12.5. The van der Waals surface area contributed by atoms with Crippen LogP contribution < -0.4 is 14.8 Å². The van der Waals surface area contributed by atoms with Crippen molar-refractivity contribution < 1.29 is 19.0 Å². The molecule has 0 aliphatic carbocycles. The van der Waals surface area contributed by atoms with Crippen molar-refractivity contribution in [1.82, 2.24) is 4.90 Å². The molecule has 1 aliphatic rings. The molecular formula is C20H24N2O4. The smallest absolute Gasteiger partial charge is 0.255 e. The minimum Gasteiger partial charge on any atom is -0.497 e. The Kier molecular flexibility index (Phi) is 6.09. The predicted molar refractivity (Wildman–Crippen MR) is 100 cm³/mol. The number of nitrogens with zero attached hydrogens (tertiary/aromatic N) is 1. The summed E-state index contributed by atoms with van der Waals surface area (Å²) in [5.41, 5.74) is 2.42. The van der Waals surface area contributed by atoms with Crippen LogP contribution >= 0.6 is 0 Å². The topological polar surface area (TPSA) is 60.0 Å². The van der Waals surface area contributed by atoms with E-state index in [-0.39, 0.29) is 5.91 Å². The van der Waals surface area contributed by atoms with Crippen molar-refractivity contribution in [2.45, 2.75) is 6.54 Å². The molecule has 0 atom stereocenters. The fourth-order valence-electron chi connectivity index (χ4n) is 2.86. The standard InChI is InChI=1S/C20H24N2O4/c1-24-18-11-17(12-19(13-18)25-2)21-20(23)16-5-3-15(4-6-16)14-22-7-9-26-10-8-22/h3-6,11-13H,7-10,14H2,1-2H3,(H,21,23). The molecule has 1 amide bonds. The van der Waals surface area contributed by atoms with Crippen molar-refractivity contribution in [2.24, 2.45) is 0 Å². The molecular weight excluding hydrogens is 332 g/mol. The van der Waals surface area contributed by atoms with Gasteiger partial charge in [0.25, 0.3) is 5.91 Å². The number of hydrogen-bond donors (Lipinski definition) is 1. The Hall–Kier alpha value is -2.57. The van der Waals surface area contributed by atoms with Crippen molar-refractivity contribution in [3.63, 3.8) is 0 Å². The summed E-state index contributed by atoms with van der Waals surface area (Å²) in [6.45, 7) is 4.33. The first-order valence-electron chi connectivity index (χ1n) is 8.61. The average Bonchev–Trinajstić information content (AvgIpc) is 2.69. The zero-order valence-electron chi connectivity index (χ0n) is 15.2. The first kappa shape index (κ1) is 18.2. The van der Waals surface area contributed by atoms with Crippen LogP contribution in [0, 0.1) is 0 Å². The fraction of sp³-hybridized carbons (Fsp3) is 0.350. The number of anilines is 1. The third kappa shape index (κ3) is 4.74. The van der Waals surface area contributed by atoms with E-state index >= 15 is 0 Å². The maximum Gasteiger partial charge on any atom is 0.255 e. The van der Waals surface area contributed by atoms with Gasteiger partial charge in [-0.25, -0.2) is 0 Å². The molecule has 1 N–H and O–H groups in total. The Bertz CT molecular complexity index is 718. The molecule has 138 valence electrons. The maximum absolute atomic E-state index is 12.5. The fourth-order valence-corrected chi connectivity index (χ4v) is 2.86. The number of nitrogens with one attached hydrogen (secondary N) is 1. The van der Waals surface area contributed by atoms with E-state index in [9.17, 15) is 4.79 Å². The normalized spacial score (nSPS) is 14.7. The van der Waals surface area contributed by atoms with Gasteiger partial charge < -0.3 is 19.5 Å². The molecule has 2 aromatic rings. The van der Waals surface area contributed by atoms with Crippen molar-refractivity contribution in [3.8, 4) is 11.5 Å². The lowest BCUT2D eigenvalue weighted by molar-refractivity contribution is 0.0342. The van der Waals surface area contributed by atoms with E-state index in [0.717, 1.165) is 32.8 Å². The molecule has 6 heteroatoms. The molecule has 0 radical (unpaired) electrons. The van der Waals surface area contributed by atoms with Crippen LogP contribution in [0.2, 0.25) is 0 Å². The van der Waals surface area contributed by atoms with Gasteiger partial charge in [0.05, 0.1) is 27.4 Å². The summed E-state index contributed by atoms with van der Waals surface area (Å²) in [6, 6.07) is 13.0. The molecule has 0 spiro atoms. The van der Waals surface area contributed by atoms with Crippen molar-refractivity contribution in [3.05, 3.63) is 53.6 Å². The number of carbonyl (C=O) groups is 1. The highest BCUT2D eigenvalue weighted by atomic mass is 16.5. The van der Waals surface area contributed by atoms with Gasteiger partial charge in [-0.15, -0.1) is 0 Å². The summed E-state index contributed by atoms with van der Waals surface area (Å²) in [7, 11) is 3.15. The molecule has 26 heavy (non-hydrogen) atoms. The highest BCUT2D eigenvalue weighted by Crippen LogP contribution is 2.26. The summed E-state index contributed by atoms with van der Waals surface area (Å²) in [5, 5.41) is 2.88. The second-order valence-corrected chi connectivity index (χ2v) is 6.14. The van der Waals surface area contributed by atoms with Crippen LogP contribution in [0.1, 0.15) is 15.9 Å². The lowest BCUT2D eigenvalue weighted by Gasteiger charge is -2.26. The lowest BCUT2D eigenvalue weighted by Crippen LogP contribution is -2.35. The molecule has 1 aliphatic heterocycles. The molecule has 0 aromatic heterocycles. The zero-order valence-corrected chi connectivity index (χ0v) is 15.2. The highest BCUT2D eigenvalue weighted by Gasteiger charge is 2.12. The zero-order chi connectivity index (χ0) is 18.4. The number of hydrogen-bond acceptors (Lipinski definition) is 5. The second-order valence-electron chi connectivity index (χ2n) is 6.14. The molecule has 2 aromatic carbocycles. The Balaban J connectivity index is 1.64. The predicted octanol–water partition coefficient (Wildman–Crippen LogP) is 2.79. The van der Waals surface area contributed by atoms with E-state index in [1.807, 2.05) is 24.3 Å². The van der Waals surface area contributed by atoms with E-state index in [1.54, 1.807) is 32.4 Å². The van der Waals surface area contributed by atoms with Crippen LogP contribution in [0.3, 0.4) is 0 Å². The Morgan fingerprint density at radius 1 is 1.04 bits per heavy atom. The van der Waals surface area contributed by atoms with Crippen molar-refractivity contribution in [2.75, 3.05) is 45.8 Å². The largest absolute Gasteiger partial charge is 0.497 e. The van der Waals surface area contributed by atoms with Crippen LogP contribution in [0.15, 0.2) is 42.5 Å². The molecule has 0 bridgehead atoms. The Morgan fingerprint density at radius 3 is 2.23 bits per heavy atom. The van der Waals surface area contributed by atoms with E-state index in [2.05, 4.69) is 10.2 Å². The minimum absolute atomic E-state index is 0.168. The molecule has 1 heterocycles. The molecule has 1 saturated heterocycles. The van der Waals surface area contributed by atoms with E-state index in [4.69, 9.17) is 14.2 Å². The minimum atomic E-state index is -0.168. The number of methoxy groups -OCH3 is 2. The van der Waals surface area contributed by atoms with Gasteiger partial charge in [0.2, 0.25) is 0 Å². The van der Waals surface area contributed by atoms with Crippen LogP contribution in [-0.2, 0) is 11.3 Å². The van der Waals surface area contributed by atoms with Gasteiger partial charge in [-0.1, -0.05) is 12.1 Å². The van der Waals surface area contributed by atoms with Crippen molar-refractivity contribution in [1.29, 1.82) is 0 Å². The first-order chi connectivity index (χ1) is 12.7. The highest BCUT2D eigenvalue weighted by molar-refractivity contribution is 6.04. The van der Waals surface area contributed by atoms with E-state index in [0.29, 0.717) is 22.7 Å². The monoisotopic (exact) mass is 356 g/mol. The summed E-state index contributed by atoms with van der Waals surface area (Å²) in [4.78, 5) is 14.8. The summed E-state index contributed by atoms with van der Waals surface area (Å²) >= 11 is 0. The SMILES string of the molecule is COc1cc(NC(=O)c2ccc(CN3CCOCC3)cc2)cc(OC)c1. The number of carbonyl (C=O) groups excluding carboxylic acids is 1. The third-order valence-corrected chi connectivity index (χ3v) is 4.34. The number of amides is 1. The first-order valence-corrected chi connectivity index (χ1v) is 8.61. The number of ether oxygens (including phenoxy) is 3. The summed E-state index contributed by atoms with van der Waals surface area (Å²) in [5.74, 6) is 1.08. The van der Waals surface area contributed by atoms with Crippen LogP contribution in [0.5, 0.6) is 11.5 Å². The lowest BCUT2D eigenvalue weighted by atomic mass is 10.1. The Labute approximate surface area is 153 Å². The van der Waals surface area contributed by atoms with Gasteiger partial charge in [0.1, 0.15) is 11.5 Å². The average molecular weight is 356 g/mol. The van der Waals surface area contributed by atoms with Crippen LogP contribution in [0.25, 0.3) is 0 Å². The van der Waals surface area contributed by atoms with E-state index in [1.165, 1.54) is 5.56 Å². The quantitative estimate of drug-likeness (QED) is 0.862. The van der Waals surface area contributed by atoms with Crippen LogP contribution in [-0.4, -0.2) is 51.3 Å². The van der Waals surface area contributed by atoms with Gasteiger partial charge >= 0.3 is 0 Å². The number of morpholine rings is 1. The van der Waals surface area contributed by atoms with Gasteiger partial charge in [-0.2, -0.15) is 0 Å². The third-order valence-electron chi connectivity index (χ3n) is 4.34. The molecule has 1 fully saturated rings. The summed E-state index contributed by atoms with van der Waals surface area (Å²) in [6.07, 6.45) is 0. The molecule has 3 rings (SSSR count). The number of rotatable bonds is 6.